The van der Waals surface area contributed by atoms with Crippen molar-refractivity contribution in [3.63, 3.8) is 0 Å². The van der Waals surface area contributed by atoms with Crippen molar-refractivity contribution in [2.45, 2.75) is 58.4 Å². The van der Waals surface area contributed by atoms with Crippen LogP contribution in [0.5, 0.6) is 0 Å². The van der Waals surface area contributed by atoms with Crippen LogP contribution < -0.4 is 5.32 Å². The van der Waals surface area contributed by atoms with Crippen molar-refractivity contribution in [2.24, 2.45) is 0 Å². The maximum Gasteiger partial charge on any atom is 0.326 e. The van der Waals surface area contributed by atoms with Crippen molar-refractivity contribution in [3.8, 4) is 0 Å². The van der Waals surface area contributed by atoms with E-state index in [4.69, 9.17) is 9.47 Å². The van der Waals surface area contributed by atoms with Crippen molar-refractivity contribution in [1.82, 2.24) is 5.32 Å². The first kappa shape index (κ1) is 17.4. The van der Waals surface area contributed by atoms with Gasteiger partial charge in [-0.1, -0.05) is 13.3 Å². The number of ether oxygens (including phenoxy) is 2. The van der Waals surface area contributed by atoms with Gasteiger partial charge in [0.1, 0.15) is 5.54 Å². The van der Waals surface area contributed by atoms with E-state index in [-0.39, 0.29) is 5.97 Å². The molecular formula is C14H29NO3. The standard InChI is InChI=1S/C14H29NO3/c1-5-7-11-17-12-9-8-10-14(3,15-4)13(16)18-6-2/h15H,5-12H2,1-4H3. The molecule has 0 radical (unpaired) electrons. The second-order valence-electron chi connectivity index (χ2n) is 4.73. The molecule has 4 heteroatoms. The van der Waals surface area contributed by atoms with Crippen LogP contribution in [0.3, 0.4) is 0 Å². The van der Waals surface area contributed by atoms with Gasteiger partial charge in [0, 0.05) is 13.2 Å². The summed E-state index contributed by atoms with van der Waals surface area (Å²) in [5.41, 5.74) is -0.570. The number of rotatable bonds is 11. The van der Waals surface area contributed by atoms with E-state index >= 15 is 0 Å². The SMILES string of the molecule is CCCCOCCCCC(C)(NC)C(=O)OCC. The molecule has 4 nitrogen and oxygen atoms in total. The fraction of sp³-hybridized carbons (Fsp3) is 0.929. The molecule has 0 saturated heterocycles. The molecule has 0 rings (SSSR count). The van der Waals surface area contributed by atoms with E-state index in [1.54, 1.807) is 7.05 Å². The number of likely N-dealkylation sites (N-methyl/N-ethyl adjacent to an activating group) is 1. The predicted molar refractivity (Wildman–Crippen MR) is 73.7 cm³/mol. The van der Waals surface area contributed by atoms with E-state index in [0.29, 0.717) is 6.61 Å². The number of esters is 1. The summed E-state index contributed by atoms with van der Waals surface area (Å²) in [5, 5.41) is 3.06. The van der Waals surface area contributed by atoms with Crippen molar-refractivity contribution in [1.29, 1.82) is 0 Å². The second-order valence-corrected chi connectivity index (χ2v) is 4.73. The van der Waals surface area contributed by atoms with Gasteiger partial charge in [0.05, 0.1) is 6.61 Å². The van der Waals surface area contributed by atoms with Crippen LogP contribution in [-0.2, 0) is 14.3 Å². The molecule has 0 spiro atoms. The predicted octanol–water partition coefficient (Wildman–Crippen LogP) is 2.51. The van der Waals surface area contributed by atoms with Crippen LogP contribution in [0, 0.1) is 0 Å². The third-order valence-corrected chi connectivity index (χ3v) is 3.14. The summed E-state index contributed by atoms with van der Waals surface area (Å²) in [4.78, 5) is 11.8. The average Bonchev–Trinajstić information content (AvgIpc) is 2.37. The van der Waals surface area contributed by atoms with Crippen LogP contribution >= 0.6 is 0 Å². The maximum atomic E-state index is 11.8. The molecule has 0 bridgehead atoms. The molecule has 0 amide bonds. The minimum Gasteiger partial charge on any atom is -0.465 e. The molecule has 0 aliphatic carbocycles. The summed E-state index contributed by atoms with van der Waals surface area (Å²) in [6.45, 7) is 7.93. The lowest BCUT2D eigenvalue weighted by molar-refractivity contribution is -0.150. The minimum absolute atomic E-state index is 0.167. The van der Waals surface area contributed by atoms with Crippen molar-refractivity contribution in [3.05, 3.63) is 0 Å². The van der Waals surface area contributed by atoms with E-state index in [0.717, 1.165) is 38.9 Å². The van der Waals surface area contributed by atoms with Crippen LogP contribution in [0.2, 0.25) is 0 Å². The highest BCUT2D eigenvalue weighted by Crippen LogP contribution is 2.15. The Labute approximate surface area is 111 Å². The van der Waals surface area contributed by atoms with E-state index in [1.807, 2.05) is 13.8 Å². The topological polar surface area (TPSA) is 47.6 Å². The van der Waals surface area contributed by atoms with E-state index in [2.05, 4.69) is 12.2 Å². The zero-order chi connectivity index (χ0) is 13.9. The number of hydrogen-bond acceptors (Lipinski definition) is 4. The molecular weight excluding hydrogens is 230 g/mol. The molecule has 0 aliphatic heterocycles. The average molecular weight is 259 g/mol. The normalized spacial score (nSPS) is 14.2. The maximum absolute atomic E-state index is 11.8. The molecule has 18 heavy (non-hydrogen) atoms. The molecule has 0 fully saturated rings. The van der Waals surface area contributed by atoms with Crippen LogP contribution in [0.4, 0.5) is 0 Å². The van der Waals surface area contributed by atoms with Gasteiger partial charge in [-0.2, -0.15) is 0 Å². The number of carbonyl (C=O) groups excluding carboxylic acids is 1. The smallest absolute Gasteiger partial charge is 0.326 e. The number of carbonyl (C=O) groups is 1. The first-order chi connectivity index (χ1) is 8.60. The van der Waals surface area contributed by atoms with Gasteiger partial charge >= 0.3 is 5.97 Å². The van der Waals surface area contributed by atoms with Gasteiger partial charge in [-0.15, -0.1) is 0 Å². The fourth-order valence-corrected chi connectivity index (χ4v) is 1.65. The molecule has 1 atom stereocenters. The van der Waals surface area contributed by atoms with Crippen molar-refractivity contribution < 1.29 is 14.3 Å². The molecule has 1 N–H and O–H groups in total. The zero-order valence-corrected chi connectivity index (χ0v) is 12.4. The summed E-state index contributed by atoms with van der Waals surface area (Å²) < 4.78 is 10.6. The Morgan fingerprint density at radius 3 is 2.39 bits per heavy atom. The Bertz CT molecular complexity index is 221. The van der Waals surface area contributed by atoms with E-state index in [1.165, 1.54) is 6.42 Å². The third kappa shape index (κ3) is 6.97. The minimum atomic E-state index is -0.570. The van der Waals surface area contributed by atoms with E-state index < -0.39 is 5.54 Å². The Morgan fingerprint density at radius 1 is 1.17 bits per heavy atom. The van der Waals surface area contributed by atoms with Crippen molar-refractivity contribution in [2.75, 3.05) is 26.9 Å². The lowest BCUT2D eigenvalue weighted by Crippen LogP contribution is -2.48. The van der Waals surface area contributed by atoms with Gasteiger partial charge in [0.25, 0.3) is 0 Å². The Morgan fingerprint density at radius 2 is 1.83 bits per heavy atom. The molecule has 0 heterocycles. The molecule has 0 aromatic heterocycles. The number of nitrogens with one attached hydrogen (secondary N) is 1. The Hall–Kier alpha value is -0.610. The zero-order valence-electron chi connectivity index (χ0n) is 12.4. The monoisotopic (exact) mass is 259 g/mol. The fourth-order valence-electron chi connectivity index (χ4n) is 1.65. The van der Waals surface area contributed by atoms with Crippen LogP contribution in [0.25, 0.3) is 0 Å². The van der Waals surface area contributed by atoms with Crippen LogP contribution in [-0.4, -0.2) is 38.4 Å². The van der Waals surface area contributed by atoms with Gasteiger partial charge in [0.15, 0.2) is 0 Å². The van der Waals surface area contributed by atoms with Gasteiger partial charge in [-0.25, -0.2) is 0 Å². The summed E-state index contributed by atoms with van der Waals surface area (Å²) in [6, 6.07) is 0. The van der Waals surface area contributed by atoms with E-state index in [9.17, 15) is 4.79 Å². The molecule has 1 unspecified atom stereocenters. The summed E-state index contributed by atoms with van der Waals surface area (Å²) >= 11 is 0. The summed E-state index contributed by atoms with van der Waals surface area (Å²) in [7, 11) is 1.80. The Kier molecular flexibility index (Phi) is 9.98. The van der Waals surface area contributed by atoms with Crippen LogP contribution in [0.1, 0.15) is 52.9 Å². The van der Waals surface area contributed by atoms with Crippen LogP contribution in [0.15, 0.2) is 0 Å². The molecule has 0 aliphatic rings. The lowest BCUT2D eigenvalue weighted by atomic mass is 9.95. The summed E-state index contributed by atoms with van der Waals surface area (Å²) in [6.07, 6.45) is 5.01. The summed E-state index contributed by atoms with van der Waals surface area (Å²) in [5.74, 6) is -0.167. The number of hydrogen-bond donors (Lipinski definition) is 1. The highest BCUT2D eigenvalue weighted by Gasteiger charge is 2.31. The first-order valence-corrected chi connectivity index (χ1v) is 7.04. The highest BCUT2D eigenvalue weighted by atomic mass is 16.5. The van der Waals surface area contributed by atoms with Gasteiger partial charge in [0.2, 0.25) is 0 Å². The van der Waals surface area contributed by atoms with Gasteiger partial charge in [-0.3, -0.25) is 4.79 Å². The molecule has 0 saturated carbocycles. The molecule has 108 valence electrons. The molecule has 0 aromatic rings. The van der Waals surface area contributed by atoms with Crippen molar-refractivity contribution >= 4 is 5.97 Å². The quantitative estimate of drug-likeness (QED) is 0.457. The third-order valence-electron chi connectivity index (χ3n) is 3.14. The van der Waals surface area contributed by atoms with Gasteiger partial charge < -0.3 is 14.8 Å². The lowest BCUT2D eigenvalue weighted by Gasteiger charge is -2.26. The second kappa shape index (κ2) is 10.3. The highest BCUT2D eigenvalue weighted by molar-refractivity contribution is 5.80. The molecule has 0 aromatic carbocycles. The first-order valence-electron chi connectivity index (χ1n) is 7.04. The van der Waals surface area contributed by atoms with Gasteiger partial charge in [-0.05, 0) is 46.6 Å². The number of unbranched alkanes of at least 4 members (excludes halogenated alkanes) is 2. The Balaban J connectivity index is 3.76. The largest absolute Gasteiger partial charge is 0.465 e.